The van der Waals surface area contributed by atoms with E-state index in [1.54, 1.807) is 24.3 Å². The van der Waals surface area contributed by atoms with Gasteiger partial charge in [-0.15, -0.1) is 0 Å². The van der Waals surface area contributed by atoms with Crippen LogP contribution in [0.1, 0.15) is 11.1 Å². The maximum Gasteiger partial charge on any atom is 0.175 e. The molecule has 0 amide bonds. The Morgan fingerprint density at radius 3 is 1.89 bits per heavy atom. The molecule has 2 aromatic rings. The van der Waals surface area contributed by atoms with E-state index < -0.39 is 9.84 Å². The van der Waals surface area contributed by atoms with Gasteiger partial charge in [0.15, 0.2) is 9.84 Å². The molecule has 1 radical (unpaired) electrons. The molecule has 2 nitrogen and oxygen atoms in total. The highest BCUT2D eigenvalue weighted by Crippen LogP contribution is 2.12. The molecule has 0 heterocycles. The van der Waals surface area contributed by atoms with Gasteiger partial charge in [0.2, 0.25) is 0 Å². The van der Waals surface area contributed by atoms with E-state index in [0.29, 0.717) is 4.90 Å². The third-order valence-corrected chi connectivity index (χ3v) is 3.65. The predicted octanol–water partition coefficient (Wildman–Crippen LogP) is 3.06. The quantitative estimate of drug-likeness (QED) is 0.792. The second-order valence-corrected chi connectivity index (χ2v) is 6.02. The third kappa shape index (κ3) is 3.31. The lowest BCUT2D eigenvalue weighted by Crippen LogP contribution is -1.95. The summed E-state index contributed by atoms with van der Waals surface area (Å²) >= 11 is 0. The van der Waals surface area contributed by atoms with E-state index in [9.17, 15) is 8.42 Å². The van der Waals surface area contributed by atoms with Crippen molar-refractivity contribution in [2.75, 3.05) is 6.26 Å². The molecule has 0 aliphatic rings. The predicted molar refractivity (Wildman–Crippen MR) is 73.8 cm³/mol. The first-order valence-electron chi connectivity index (χ1n) is 5.50. The van der Waals surface area contributed by atoms with Gasteiger partial charge in [0.25, 0.3) is 0 Å². The van der Waals surface area contributed by atoms with Crippen LogP contribution < -0.4 is 0 Å². The van der Waals surface area contributed by atoms with E-state index in [4.69, 9.17) is 0 Å². The zero-order valence-electron chi connectivity index (χ0n) is 10.00. The van der Waals surface area contributed by atoms with Gasteiger partial charge in [0.1, 0.15) is 0 Å². The molecule has 3 heteroatoms. The summed E-state index contributed by atoms with van der Waals surface area (Å²) in [5.74, 6) is 0. The fourth-order valence-corrected chi connectivity index (χ4v) is 2.16. The Morgan fingerprint density at radius 2 is 1.39 bits per heavy atom. The van der Waals surface area contributed by atoms with Crippen LogP contribution in [0.5, 0.6) is 0 Å². The summed E-state index contributed by atoms with van der Waals surface area (Å²) in [6.07, 6.45) is 5.13. The fourth-order valence-electron chi connectivity index (χ4n) is 1.53. The Morgan fingerprint density at radius 1 is 0.889 bits per heavy atom. The van der Waals surface area contributed by atoms with Crippen molar-refractivity contribution < 1.29 is 8.42 Å². The highest BCUT2D eigenvalue weighted by Gasteiger charge is 2.04. The largest absolute Gasteiger partial charge is 0.224 e. The van der Waals surface area contributed by atoms with Gasteiger partial charge in [0, 0.05) is 6.26 Å². The Hall–Kier alpha value is -1.87. The minimum Gasteiger partial charge on any atom is -0.224 e. The van der Waals surface area contributed by atoms with Crippen molar-refractivity contribution in [3.8, 4) is 0 Å². The van der Waals surface area contributed by atoms with Gasteiger partial charge >= 0.3 is 0 Å². The van der Waals surface area contributed by atoms with Crippen LogP contribution in [0.3, 0.4) is 0 Å². The molecule has 0 aromatic heterocycles. The molecular formula is C15H13O2S. The van der Waals surface area contributed by atoms with Crippen LogP contribution in [0.25, 0.3) is 12.2 Å². The Balaban J connectivity index is 2.19. The van der Waals surface area contributed by atoms with E-state index in [1.807, 2.05) is 36.4 Å². The molecule has 0 atom stereocenters. The van der Waals surface area contributed by atoms with Crippen molar-refractivity contribution in [1.29, 1.82) is 0 Å². The van der Waals surface area contributed by atoms with E-state index in [1.165, 1.54) is 6.26 Å². The summed E-state index contributed by atoms with van der Waals surface area (Å²) < 4.78 is 22.6. The summed E-state index contributed by atoms with van der Waals surface area (Å²) in [6.45, 7) is 0. The van der Waals surface area contributed by atoms with E-state index in [2.05, 4.69) is 6.07 Å². The van der Waals surface area contributed by atoms with Gasteiger partial charge in [-0.1, -0.05) is 48.6 Å². The van der Waals surface area contributed by atoms with Crippen LogP contribution in [0.2, 0.25) is 0 Å². The minimum absolute atomic E-state index is 0.342. The van der Waals surface area contributed by atoms with Gasteiger partial charge in [-0.05, 0) is 29.3 Å². The van der Waals surface area contributed by atoms with Crippen LogP contribution in [0.15, 0.2) is 53.4 Å². The van der Waals surface area contributed by atoms with E-state index in [-0.39, 0.29) is 0 Å². The lowest BCUT2D eigenvalue weighted by molar-refractivity contribution is 0.602. The molecule has 0 fully saturated rings. The van der Waals surface area contributed by atoms with Crippen molar-refractivity contribution in [2.24, 2.45) is 0 Å². The number of benzene rings is 2. The molecule has 0 bridgehead atoms. The SMILES string of the molecule is CS(=O)(=O)c1ccc(/C=C/c2cc[c]cc2)cc1. The normalized spacial score (nSPS) is 11.8. The molecule has 0 aliphatic heterocycles. The lowest BCUT2D eigenvalue weighted by Gasteiger charge is -1.98. The van der Waals surface area contributed by atoms with Crippen molar-refractivity contribution in [1.82, 2.24) is 0 Å². The molecule has 0 saturated heterocycles. The molecule has 0 N–H and O–H groups in total. The van der Waals surface area contributed by atoms with Gasteiger partial charge in [-0.3, -0.25) is 0 Å². The smallest absolute Gasteiger partial charge is 0.175 e. The zero-order chi connectivity index (χ0) is 13.0. The number of hydrogen-bond acceptors (Lipinski definition) is 2. The van der Waals surface area contributed by atoms with Crippen LogP contribution in [0, 0.1) is 6.07 Å². The van der Waals surface area contributed by atoms with Gasteiger partial charge < -0.3 is 0 Å². The second kappa shape index (κ2) is 5.19. The standard InChI is InChI=1S/C15H13O2S/c1-18(16,17)15-11-9-14(10-12-15)8-7-13-5-3-2-4-6-13/h3-12H,1H3/b8-7+. The Labute approximate surface area is 108 Å². The summed E-state index contributed by atoms with van der Waals surface area (Å²) in [6, 6.07) is 17.4. The third-order valence-electron chi connectivity index (χ3n) is 2.52. The molecule has 18 heavy (non-hydrogen) atoms. The zero-order valence-corrected chi connectivity index (χ0v) is 10.8. The molecule has 2 rings (SSSR count). The Bertz CT molecular complexity index is 639. The monoisotopic (exact) mass is 257 g/mol. The van der Waals surface area contributed by atoms with Crippen LogP contribution >= 0.6 is 0 Å². The second-order valence-electron chi connectivity index (χ2n) is 4.01. The molecule has 0 spiro atoms. The van der Waals surface area contributed by atoms with E-state index in [0.717, 1.165) is 11.1 Å². The van der Waals surface area contributed by atoms with E-state index >= 15 is 0 Å². The maximum atomic E-state index is 11.3. The average molecular weight is 257 g/mol. The minimum atomic E-state index is -3.11. The molecular weight excluding hydrogens is 244 g/mol. The van der Waals surface area contributed by atoms with Crippen LogP contribution in [-0.4, -0.2) is 14.7 Å². The maximum absolute atomic E-state index is 11.3. The van der Waals surface area contributed by atoms with Crippen LogP contribution in [0.4, 0.5) is 0 Å². The molecule has 91 valence electrons. The summed E-state index contributed by atoms with van der Waals surface area (Å²) in [5.41, 5.74) is 2.05. The fraction of sp³-hybridized carbons (Fsp3) is 0.0667. The van der Waals surface area contributed by atoms with Gasteiger partial charge in [0.05, 0.1) is 4.90 Å². The van der Waals surface area contributed by atoms with Crippen molar-refractivity contribution in [3.05, 3.63) is 65.7 Å². The molecule has 2 aromatic carbocycles. The van der Waals surface area contributed by atoms with Crippen molar-refractivity contribution >= 4 is 22.0 Å². The number of sulfone groups is 1. The Kier molecular flexibility index (Phi) is 3.63. The first-order valence-corrected chi connectivity index (χ1v) is 7.39. The van der Waals surface area contributed by atoms with Crippen molar-refractivity contribution in [3.63, 3.8) is 0 Å². The number of hydrogen-bond donors (Lipinski definition) is 0. The molecule has 0 aliphatic carbocycles. The summed E-state index contributed by atoms with van der Waals surface area (Å²) in [5, 5.41) is 0. The van der Waals surface area contributed by atoms with Crippen molar-refractivity contribution in [2.45, 2.75) is 4.90 Å². The first kappa shape index (κ1) is 12.6. The van der Waals surface area contributed by atoms with Gasteiger partial charge in [-0.25, -0.2) is 8.42 Å². The van der Waals surface area contributed by atoms with Crippen LogP contribution in [-0.2, 0) is 9.84 Å². The molecule has 0 unspecified atom stereocenters. The average Bonchev–Trinajstić information content (AvgIpc) is 2.37. The van der Waals surface area contributed by atoms with Gasteiger partial charge in [-0.2, -0.15) is 0 Å². The first-order chi connectivity index (χ1) is 8.55. The highest BCUT2D eigenvalue weighted by molar-refractivity contribution is 7.90. The highest BCUT2D eigenvalue weighted by atomic mass is 32.2. The summed E-state index contributed by atoms with van der Waals surface area (Å²) in [7, 11) is -3.11. The lowest BCUT2D eigenvalue weighted by atomic mass is 10.1. The summed E-state index contributed by atoms with van der Waals surface area (Å²) in [4.78, 5) is 0.342. The topological polar surface area (TPSA) is 34.1 Å². The number of rotatable bonds is 3. The molecule has 0 saturated carbocycles.